The maximum Gasteiger partial charge on any atom is 0.235 e. The van der Waals surface area contributed by atoms with Crippen LogP contribution in [0.1, 0.15) is 56.1 Å². The number of anilines is 1. The summed E-state index contributed by atoms with van der Waals surface area (Å²) in [7, 11) is 0. The molecule has 3 rings (SSSR count). The van der Waals surface area contributed by atoms with E-state index in [4.69, 9.17) is 28.9 Å². The Morgan fingerprint density at radius 1 is 1.16 bits per heavy atom. The lowest BCUT2D eigenvalue weighted by atomic mass is 9.78. The van der Waals surface area contributed by atoms with Crippen molar-refractivity contribution in [1.29, 1.82) is 0 Å². The van der Waals surface area contributed by atoms with Crippen molar-refractivity contribution in [2.45, 2.75) is 56.5 Å². The van der Waals surface area contributed by atoms with Crippen molar-refractivity contribution in [1.82, 2.24) is 5.32 Å². The molecule has 8 heteroatoms. The smallest absolute Gasteiger partial charge is 0.235 e. The number of halogens is 3. The summed E-state index contributed by atoms with van der Waals surface area (Å²) in [5, 5.41) is 6.36. The molecule has 1 aliphatic carbocycles. The summed E-state index contributed by atoms with van der Waals surface area (Å²) >= 11 is 12.2. The SMILES string of the molecule is CC1(N[C@@H](C(N)=O)[C@@H](c2ccc(Cl)cc2NC=O)c2cccc(Cl)c2F)CCCCC1. The van der Waals surface area contributed by atoms with Gasteiger partial charge >= 0.3 is 0 Å². The molecule has 0 aromatic heterocycles. The summed E-state index contributed by atoms with van der Waals surface area (Å²) in [6.07, 6.45) is 5.46. The highest BCUT2D eigenvalue weighted by Crippen LogP contribution is 2.39. The zero-order valence-electron chi connectivity index (χ0n) is 17.3. The molecule has 2 atom stereocenters. The van der Waals surface area contributed by atoms with Crippen molar-refractivity contribution < 1.29 is 14.0 Å². The lowest BCUT2D eigenvalue weighted by Gasteiger charge is -2.40. The molecule has 166 valence electrons. The molecule has 0 bridgehead atoms. The normalized spacial score (nSPS) is 17.5. The minimum atomic E-state index is -0.940. The summed E-state index contributed by atoms with van der Waals surface area (Å²) < 4.78 is 15.2. The summed E-state index contributed by atoms with van der Waals surface area (Å²) in [5.74, 6) is -2.10. The molecule has 2 aromatic rings. The highest BCUT2D eigenvalue weighted by molar-refractivity contribution is 6.31. The van der Waals surface area contributed by atoms with Crippen LogP contribution >= 0.6 is 23.2 Å². The van der Waals surface area contributed by atoms with Crippen LogP contribution in [0.25, 0.3) is 0 Å². The van der Waals surface area contributed by atoms with Gasteiger partial charge in [-0.1, -0.05) is 60.7 Å². The van der Waals surface area contributed by atoms with Crippen LogP contribution in [0.2, 0.25) is 10.0 Å². The molecule has 0 aliphatic heterocycles. The maximum absolute atomic E-state index is 15.2. The number of rotatable bonds is 8. The van der Waals surface area contributed by atoms with E-state index in [0.29, 0.717) is 22.7 Å². The van der Waals surface area contributed by atoms with Crippen molar-refractivity contribution in [3.8, 4) is 0 Å². The second-order valence-corrected chi connectivity index (χ2v) is 9.10. The standard InChI is InChI=1S/C23H26Cl2FN3O2/c1-23(10-3-2-4-11-23)29-21(22(27)31)19(16-6-5-7-17(25)20(16)26)15-9-8-14(24)12-18(15)28-13-30/h5-9,12-13,19,21,29H,2-4,10-11H2,1H3,(H2,27,31)(H,28,30)/t19-,21+/m0/s1. The summed E-state index contributed by atoms with van der Waals surface area (Å²) in [6, 6.07) is 8.55. The van der Waals surface area contributed by atoms with Crippen molar-refractivity contribution in [2.24, 2.45) is 5.73 Å². The molecular weight excluding hydrogens is 440 g/mol. The van der Waals surface area contributed by atoms with E-state index in [1.165, 1.54) is 6.07 Å². The van der Waals surface area contributed by atoms with E-state index in [0.717, 1.165) is 32.1 Å². The van der Waals surface area contributed by atoms with Gasteiger partial charge in [0.15, 0.2) is 0 Å². The van der Waals surface area contributed by atoms with Gasteiger partial charge in [0.2, 0.25) is 12.3 Å². The highest BCUT2D eigenvalue weighted by atomic mass is 35.5. The molecule has 0 heterocycles. The van der Waals surface area contributed by atoms with Crippen LogP contribution in [0.5, 0.6) is 0 Å². The van der Waals surface area contributed by atoms with Crippen LogP contribution in [0.4, 0.5) is 10.1 Å². The molecule has 1 saturated carbocycles. The third-order valence-electron chi connectivity index (χ3n) is 5.98. The van der Waals surface area contributed by atoms with E-state index < -0.39 is 23.7 Å². The molecule has 0 spiro atoms. The number of nitrogens with two attached hydrogens (primary N) is 1. The molecule has 0 unspecified atom stereocenters. The average molecular weight is 466 g/mol. The van der Waals surface area contributed by atoms with Gasteiger partial charge < -0.3 is 11.1 Å². The highest BCUT2D eigenvalue weighted by Gasteiger charge is 2.38. The molecule has 0 saturated heterocycles. The van der Waals surface area contributed by atoms with Crippen LogP contribution in [0.3, 0.4) is 0 Å². The van der Waals surface area contributed by atoms with Crippen molar-refractivity contribution in [3.05, 3.63) is 63.4 Å². The Morgan fingerprint density at radius 3 is 2.52 bits per heavy atom. The molecular formula is C23H26Cl2FN3O2. The first-order valence-corrected chi connectivity index (χ1v) is 11.0. The molecule has 2 aromatic carbocycles. The summed E-state index contributed by atoms with van der Waals surface area (Å²) in [4.78, 5) is 24.0. The first kappa shape index (κ1) is 23.5. The minimum absolute atomic E-state index is 0.0616. The van der Waals surface area contributed by atoms with Crippen LogP contribution < -0.4 is 16.4 Å². The average Bonchev–Trinajstić information content (AvgIpc) is 2.72. The minimum Gasteiger partial charge on any atom is -0.368 e. The van der Waals surface area contributed by atoms with E-state index in [9.17, 15) is 9.59 Å². The molecule has 5 nitrogen and oxygen atoms in total. The Kier molecular flexibility index (Phi) is 7.57. The molecule has 2 amide bonds. The summed E-state index contributed by atoms with van der Waals surface area (Å²) in [6.45, 7) is 2.06. The zero-order valence-corrected chi connectivity index (χ0v) is 18.8. The van der Waals surface area contributed by atoms with Crippen LogP contribution in [0.15, 0.2) is 36.4 Å². The Labute approximate surface area is 191 Å². The van der Waals surface area contributed by atoms with Crippen molar-refractivity contribution in [3.63, 3.8) is 0 Å². The summed E-state index contributed by atoms with van der Waals surface area (Å²) in [5.41, 5.74) is 6.62. The Balaban J connectivity index is 2.18. The molecule has 1 fully saturated rings. The lowest BCUT2D eigenvalue weighted by Crippen LogP contribution is -2.56. The van der Waals surface area contributed by atoms with Crippen molar-refractivity contribution in [2.75, 3.05) is 5.32 Å². The quantitative estimate of drug-likeness (QED) is 0.479. The van der Waals surface area contributed by atoms with Crippen LogP contribution in [0, 0.1) is 5.82 Å². The number of hydrogen-bond acceptors (Lipinski definition) is 3. The number of carbonyl (C=O) groups excluding carboxylic acids is 2. The predicted molar refractivity (Wildman–Crippen MR) is 122 cm³/mol. The van der Waals surface area contributed by atoms with Gasteiger partial charge in [-0.2, -0.15) is 0 Å². The van der Waals surface area contributed by atoms with Gasteiger partial charge in [0.1, 0.15) is 5.82 Å². The zero-order chi connectivity index (χ0) is 22.6. The fraction of sp³-hybridized carbons (Fsp3) is 0.391. The Morgan fingerprint density at radius 2 is 1.87 bits per heavy atom. The largest absolute Gasteiger partial charge is 0.368 e. The first-order valence-electron chi connectivity index (χ1n) is 10.3. The van der Waals surface area contributed by atoms with E-state index in [1.807, 2.05) is 0 Å². The van der Waals surface area contributed by atoms with Gasteiger partial charge in [0.05, 0.1) is 11.1 Å². The third kappa shape index (κ3) is 5.37. The second-order valence-electron chi connectivity index (χ2n) is 8.26. The number of amides is 2. The van der Waals surface area contributed by atoms with Crippen molar-refractivity contribution >= 4 is 41.2 Å². The Bertz CT molecular complexity index is 964. The monoisotopic (exact) mass is 465 g/mol. The number of primary amides is 1. The van der Waals surface area contributed by atoms with Gasteiger partial charge in [-0.25, -0.2) is 4.39 Å². The van der Waals surface area contributed by atoms with Crippen LogP contribution in [-0.2, 0) is 9.59 Å². The van der Waals surface area contributed by atoms with Crippen LogP contribution in [-0.4, -0.2) is 23.9 Å². The van der Waals surface area contributed by atoms with E-state index >= 15 is 4.39 Å². The number of benzene rings is 2. The molecule has 0 radical (unpaired) electrons. The van der Waals surface area contributed by atoms with Gasteiger partial charge in [-0.05, 0) is 49.1 Å². The fourth-order valence-corrected chi connectivity index (χ4v) is 4.80. The van der Waals surface area contributed by atoms with Gasteiger partial charge in [-0.3, -0.25) is 14.9 Å². The first-order chi connectivity index (χ1) is 14.8. The van der Waals surface area contributed by atoms with Gasteiger partial charge in [0.25, 0.3) is 0 Å². The topological polar surface area (TPSA) is 84.2 Å². The van der Waals surface area contributed by atoms with E-state index in [1.54, 1.807) is 30.3 Å². The molecule has 31 heavy (non-hydrogen) atoms. The molecule has 1 aliphatic rings. The van der Waals surface area contributed by atoms with E-state index in [2.05, 4.69) is 17.6 Å². The van der Waals surface area contributed by atoms with Gasteiger partial charge in [0, 0.05) is 22.2 Å². The van der Waals surface area contributed by atoms with Gasteiger partial charge in [-0.15, -0.1) is 0 Å². The fourth-order valence-electron chi connectivity index (χ4n) is 4.45. The Hall–Kier alpha value is -2.15. The predicted octanol–water partition coefficient (Wildman–Crippen LogP) is 5.00. The third-order valence-corrected chi connectivity index (χ3v) is 6.51. The number of hydrogen-bond donors (Lipinski definition) is 3. The number of nitrogens with one attached hydrogen (secondary N) is 2. The number of carbonyl (C=O) groups is 2. The maximum atomic E-state index is 15.2. The molecule has 4 N–H and O–H groups in total. The lowest BCUT2D eigenvalue weighted by molar-refractivity contribution is -0.121. The second kappa shape index (κ2) is 9.98. The van der Waals surface area contributed by atoms with E-state index in [-0.39, 0.29) is 16.1 Å².